The number of benzene rings is 1. The average Bonchev–Trinajstić information content (AvgIpc) is 3.00. The molecule has 1 atom stereocenters. The van der Waals surface area contributed by atoms with Gasteiger partial charge in [-0.05, 0) is 43.4 Å². The first kappa shape index (κ1) is 11.7. The Bertz CT molecular complexity index is 384. The highest BCUT2D eigenvalue weighted by Crippen LogP contribution is 2.41. The van der Waals surface area contributed by atoms with Gasteiger partial charge in [-0.15, -0.1) is 0 Å². The van der Waals surface area contributed by atoms with Gasteiger partial charge in [0.2, 0.25) is 0 Å². The average molecular weight is 241 g/mol. The largest absolute Gasteiger partial charge is 0.495 e. The maximum Gasteiger partial charge on any atom is 0.137 e. The number of rotatable bonds is 4. The number of halogens is 1. The molecule has 0 heterocycles. The first-order valence-corrected chi connectivity index (χ1v) is 5.95. The molecule has 0 amide bonds. The van der Waals surface area contributed by atoms with Crippen molar-refractivity contribution in [2.45, 2.75) is 31.8 Å². The van der Waals surface area contributed by atoms with Crippen molar-refractivity contribution in [2.24, 2.45) is 5.92 Å². The zero-order valence-electron chi connectivity index (χ0n) is 9.66. The van der Waals surface area contributed by atoms with Crippen LogP contribution in [0, 0.1) is 5.92 Å². The Morgan fingerprint density at radius 1 is 1.50 bits per heavy atom. The molecule has 0 bridgehead atoms. The van der Waals surface area contributed by atoms with Crippen LogP contribution in [0.15, 0.2) is 18.2 Å². The lowest BCUT2D eigenvalue weighted by atomic mass is 9.92. The van der Waals surface area contributed by atoms with E-state index in [1.165, 1.54) is 0 Å². The van der Waals surface area contributed by atoms with Crippen molar-refractivity contribution in [3.8, 4) is 5.75 Å². The van der Waals surface area contributed by atoms with Gasteiger partial charge in [0.15, 0.2) is 0 Å². The van der Waals surface area contributed by atoms with Gasteiger partial charge in [0.1, 0.15) is 5.75 Å². The van der Waals surface area contributed by atoms with Gasteiger partial charge in [-0.3, -0.25) is 0 Å². The topological polar surface area (TPSA) is 29.5 Å². The summed E-state index contributed by atoms with van der Waals surface area (Å²) in [5, 5.41) is 10.9. The number of ether oxygens (including phenoxy) is 1. The summed E-state index contributed by atoms with van der Waals surface area (Å²) in [5.41, 5.74) is 0.459. The standard InChI is InChI=1S/C13H17ClO2/c1-13(15,10-4-5-10)8-9-3-6-12(16-2)11(14)7-9/h3,6-7,10,15H,4-5,8H2,1-2H3. The fourth-order valence-electron chi connectivity index (χ4n) is 2.08. The predicted molar refractivity (Wildman–Crippen MR) is 65.1 cm³/mol. The molecule has 1 aromatic rings. The highest BCUT2D eigenvalue weighted by atomic mass is 35.5. The van der Waals surface area contributed by atoms with Gasteiger partial charge in [-0.25, -0.2) is 0 Å². The van der Waals surface area contributed by atoms with Crippen LogP contribution in [0.3, 0.4) is 0 Å². The van der Waals surface area contributed by atoms with E-state index in [4.69, 9.17) is 16.3 Å². The van der Waals surface area contributed by atoms with E-state index in [0.29, 0.717) is 23.1 Å². The molecular weight excluding hydrogens is 224 g/mol. The van der Waals surface area contributed by atoms with Crippen LogP contribution < -0.4 is 4.74 Å². The molecule has 0 aliphatic heterocycles. The Balaban J connectivity index is 2.12. The summed E-state index contributed by atoms with van der Waals surface area (Å²) in [6.07, 6.45) is 2.93. The van der Waals surface area contributed by atoms with Crippen molar-refractivity contribution >= 4 is 11.6 Å². The third-order valence-corrected chi connectivity index (χ3v) is 3.53. The first-order valence-electron chi connectivity index (χ1n) is 5.58. The summed E-state index contributed by atoms with van der Waals surface area (Å²) in [6.45, 7) is 1.91. The Morgan fingerprint density at radius 3 is 2.69 bits per heavy atom. The second-order valence-corrected chi connectivity index (χ2v) is 5.18. The number of hydrogen-bond donors (Lipinski definition) is 1. The van der Waals surface area contributed by atoms with Crippen LogP contribution in [-0.4, -0.2) is 17.8 Å². The molecule has 1 fully saturated rings. The van der Waals surface area contributed by atoms with E-state index in [1.54, 1.807) is 7.11 Å². The van der Waals surface area contributed by atoms with Crippen molar-refractivity contribution in [1.29, 1.82) is 0 Å². The minimum atomic E-state index is -0.599. The predicted octanol–water partition coefficient (Wildman–Crippen LogP) is 3.05. The Kier molecular flexibility index (Phi) is 3.13. The van der Waals surface area contributed by atoms with Crippen LogP contribution in [0.4, 0.5) is 0 Å². The van der Waals surface area contributed by atoms with E-state index in [0.717, 1.165) is 18.4 Å². The smallest absolute Gasteiger partial charge is 0.137 e. The van der Waals surface area contributed by atoms with E-state index < -0.39 is 5.60 Å². The molecule has 0 radical (unpaired) electrons. The molecule has 0 saturated heterocycles. The molecule has 2 rings (SSSR count). The van der Waals surface area contributed by atoms with Gasteiger partial charge in [0.05, 0.1) is 17.7 Å². The van der Waals surface area contributed by atoms with Crippen molar-refractivity contribution in [2.75, 3.05) is 7.11 Å². The number of methoxy groups -OCH3 is 1. The molecule has 2 nitrogen and oxygen atoms in total. The highest BCUT2D eigenvalue weighted by molar-refractivity contribution is 6.32. The molecule has 0 spiro atoms. The zero-order chi connectivity index (χ0) is 11.8. The molecule has 16 heavy (non-hydrogen) atoms. The zero-order valence-corrected chi connectivity index (χ0v) is 10.4. The van der Waals surface area contributed by atoms with Gasteiger partial charge < -0.3 is 9.84 Å². The Labute approximate surface area is 101 Å². The molecule has 1 saturated carbocycles. The fourth-order valence-corrected chi connectivity index (χ4v) is 2.36. The molecule has 3 heteroatoms. The monoisotopic (exact) mass is 240 g/mol. The summed E-state index contributed by atoms with van der Waals surface area (Å²) < 4.78 is 5.10. The van der Waals surface area contributed by atoms with Crippen LogP contribution in [0.2, 0.25) is 5.02 Å². The van der Waals surface area contributed by atoms with Gasteiger partial charge >= 0.3 is 0 Å². The summed E-state index contributed by atoms with van der Waals surface area (Å²) in [5.74, 6) is 1.13. The van der Waals surface area contributed by atoms with Gasteiger partial charge in [-0.2, -0.15) is 0 Å². The second-order valence-electron chi connectivity index (χ2n) is 4.78. The molecule has 1 aliphatic rings. The van der Waals surface area contributed by atoms with E-state index in [9.17, 15) is 5.11 Å². The molecule has 1 unspecified atom stereocenters. The Morgan fingerprint density at radius 2 is 2.19 bits per heavy atom. The van der Waals surface area contributed by atoms with Crippen LogP contribution in [0.5, 0.6) is 5.75 Å². The summed E-state index contributed by atoms with van der Waals surface area (Å²) in [6, 6.07) is 5.68. The quantitative estimate of drug-likeness (QED) is 0.877. The van der Waals surface area contributed by atoms with Crippen molar-refractivity contribution in [1.82, 2.24) is 0 Å². The Hall–Kier alpha value is -0.730. The van der Waals surface area contributed by atoms with Crippen LogP contribution in [0.1, 0.15) is 25.3 Å². The van der Waals surface area contributed by atoms with E-state index >= 15 is 0 Å². The molecule has 1 aromatic carbocycles. The number of hydrogen-bond acceptors (Lipinski definition) is 2. The highest BCUT2D eigenvalue weighted by Gasteiger charge is 2.39. The van der Waals surface area contributed by atoms with Crippen LogP contribution in [0.25, 0.3) is 0 Å². The van der Waals surface area contributed by atoms with Gasteiger partial charge in [0.25, 0.3) is 0 Å². The van der Waals surface area contributed by atoms with E-state index in [-0.39, 0.29) is 0 Å². The minimum Gasteiger partial charge on any atom is -0.495 e. The lowest BCUT2D eigenvalue weighted by molar-refractivity contribution is 0.0372. The second kappa shape index (κ2) is 4.27. The third kappa shape index (κ3) is 2.50. The molecular formula is C13H17ClO2. The maximum atomic E-state index is 10.3. The molecule has 1 N–H and O–H groups in total. The van der Waals surface area contributed by atoms with Gasteiger partial charge in [-0.1, -0.05) is 17.7 Å². The van der Waals surface area contributed by atoms with Gasteiger partial charge in [0, 0.05) is 6.42 Å². The first-order chi connectivity index (χ1) is 7.53. The molecule has 1 aliphatic carbocycles. The maximum absolute atomic E-state index is 10.3. The molecule has 0 aromatic heterocycles. The lowest BCUT2D eigenvalue weighted by Gasteiger charge is -2.23. The van der Waals surface area contributed by atoms with Crippen molar-refractivity contribution in [3.63, 3.8) is 0 Å². The minimum absolute atomic E-state index is 0.452. The fraction of sp³-hybridized carbons (Fsp3) is 0.538. The molecule has 88 valence electrons. The third-order valence-electron chi connectivity index (χ3n) is 3.24. The van der Waals surface area contributed by atoms with Crippen molar-refractivity contribution in [3.05, 3.63) is 28.8 Å². The van der Waals surface area contributed by atoms with E-state index in [1.807, 2.05) is 25.1 Å². The summed E-state index contributed by atoms with van der Waals surface area (Å²) >= 11 is 6.05. The number of aliphatic hydroxyl groups is 1. The summed E-state index contributed by atoms with van der Waals surface area (Å²) in [4.78, 5) is 0. The van der Waals surface area contributed by atoms with Crippen molar-refractivity contribution < 1.29 is 9.84 Å². The summed E-state index contributed by atoms with van der Waals surface area (Å²) in [7, 11) is 1.60. The van der Waals surface area contributed by atoms with E-state index in [2.05, 4.69) is 0 Å². The lowest BCUT2D eigenvalue weighted by Crippen LogP contribution is -2.29. The normalized spacial score (nSPS) is 19.2. The SMILES string of the molecule is COc1ccc(CC(C)(O)C2CC2)cc1Cl. The van der Waals surface area contributed by atoms with Crippen LogP contribution in [-0.2, 0) is 6.42 Å². The van der Waals surface area contributed by atoms with Crippen LogP contribution >= 0.6 is 11.6 Å².